The summed E-state index contributed by atoms with van der Waals surface area (Å²) in [5.41, 5.74) is 1.08. The third-order valence-corrected chi connectivity index (χ3v) is 4.28. The molecule has 0 radical (unpaired) electrons. The maximum Gasteiger partial charge on any atom is 0.330 e. The fraction of sp³-hybridized carbons (Fsp3) is 0.550. The lowest BCUT2D eigenvalue weighted by Crippen LogP contribution is -2.36. The van der Waals surface area contributed by atoms with Crippen molar-refractivity contribution in [1.82, 2.24) is 0 Å². The molecule has 4 atom stereocenters. The first kappa shape index (κ1) is 19.0. The Labute approximate surface area is 154 Å². The number of carbonyl (C=O) groups excluding carboxylic acids is 1. The summed E-state index contributed by atoms with van der Waals surface area (Å²) in [7, 11) is 0. The quantitative estimate of drug-likeness (QED) is 0.549. The highest BCUT2D eigenvalue weighted by Crippen LogP contribution is 2.40. The number of hydrogen-bond donors (Lipinski definition) is 0. The molecule has 6 nitrogen and oxygen atoms in total. The van der Waals surface area contributed by atoms with Crippen LogP contribution in [-0.4, -0.2) is 43.0 Å². The van der Waals surface area contributed by atoms with Crippen LogP contribution in [0.1, 0.15) is 32.8 Å². The normalized spacial score (nSPS) is 29.8. The van der Waals surface area contributed by atoms with Crippen LogP contribution in [0, 0.1) is 0 Å². The van der Waals surface area contributed by atoms with E-state index in [1.165, 1.54) is 6.08 Å². The van der Waals surface area contributed by atoms with Crippen molar-refractivity contribution in [2.45, 2.75) is 64.2 Å². The van der Waals surface area contributed by atoms with E-state index in [1.54, 1.807) is 13.0 Å². The lowest BCUT2D eigenvalue weighted by atomic mass is 10.1. The van der Waals surface area contributed by atoms with Crippen molar-refractivity contribution in [3.63, 3.8) is 0 Å². The zero-order valence-corrected chi connectivity index (χ0v) is 15.4. The molecule has 3 rings (SSSR count). The first-order valence-electron chi connectivity index (χ1n) is 8.98. The van der Waals surface area contributed by atoms with Gasteiger partial charge in [0.25, 0.3) is 0 Å². The molecule has 0 saturated carbocycles. The Balaban J connectivity index is 1.64. The number of esters is 1. The summed E-state index contributed by atoms with van der Waals surface area (Å²) in [6, 6.07) is 9.95. The van der Waals surface area contributed by atoms with E-state index in [-0.39, 0.29) is 24.3 Å². The molecule has 1 aromatic rings. The summed E-state index contributed by atoms with van der Waals surface area (Å²) in [5, 5.41) is 0. The van der Waals surface area contributed by atoms with Crippen LogP contribution in [0.5, 0.6) is 0 Å². The minimum absolute atomic E-state index is 0.254. The number of ether oxygens (including phenoxy) is 5. The molecule has 1 aromatic carbocycles. The first-order chi connectivity index (χ1) is 12.5. The zero-order valence-electron chi connectivity index (χ0n) is 15.4. The van der Waals surface area contributed by atoms with Crippen molar-refractivity contribution >= 4 is 5.97 Å². The van der Waals surface area contributed by atoms with Crippen LogP contribution in [0.25, 0.3) is 0 Å². The smallest absolute Gasteiger partial charge is 0.330 e. The monoisotopic (exact) mass is 362 g/mol. The van der Waals surface area contributed by atoms with Gasteiger partial charge in [-0.3, -0.25) is 0 Å². The molecular formula is C20H26O6. The van der Waals surface area contributed by atoms with Crippen LogP contribution < -0.4 is 0 Å². The summed E-state index contributed by atoms with van der Waals surface area (Å²) >= 11 is 0. The predicted octanol–water partition coefficient (Wildman–Crippen LogP) is 2.96. The van der Waals surface area contributed by atoms with Gasteiger partial charge in [0.1, 0.15) is 12.2 Å². The van der Waals surface area contributed by atoms with Gasteiger partial charge in [-0.25, -0.2) is 4.79 Å². The number of hydrogen-bond acceptors (Lipinski definition) is 6. The molecule has 0 spiro atoms. The number of rotatable bonds is 7. The van der Waals surface area contributed by atoms with E-state index < -0.39 is 12.1 Å². The minimum Gasteiger partial charge on any atom is -0.463 e. The van der Waals surface area contributed by atoms with Crippen molar-refractivity contribution < 1.29 is 28.5 Å². The van der Waals surface area contributed by atoms with E-state index in [0.717, 1.165) is 5.56 Å². The fourth-order valence-electron chi connectivity index (χ4n) is 3.19. The van der Waals surface area contributed by atoms with Crippen LogP contribution in [0.3, 0.4) is 0 Å². The van der Waals surface area contributed by atoms with Crippen LogP contribution in [-0.2, 0) is 35.1 Å². The Morgan fingerprint density at radius 1 is 1.23 bits per heavy atom. The van der Waals surface area contributed by atoms with Gasteiger partial charge in [-0.1, -0.05) is 36.4 Å². The van der Waals surface area contributed by atoms with Gasteiger partial charge >= 0.3 is 5.97 Å². The molecular weight excluding hydrogens is 336 g/mol. The molecule has 2 aliphatic rings. The van der Waals surface area contributed by atoms with Gasteiger partial charge in [0.15, 0.2) is 12.1 Å². The molecule has 0 aromatic heterocycles. The maximum absolute atomic E-state index is 11.5. The highest BCUT2D eigenvalue weighted by atomic mass is 16.8. The zero-order chi connectivity index (χ0) is 18.6. The average molecular weight is 362 g/mol. The van der Waals surface area contributed by atoms with Crippen molar-refractivity contribution in [3.05, 3.63) is 48.0 Å². The number of fused-ring (bicyclic) bond motifs is 1. The van der Waals surface area contributed by atoms with Crippen molar-refractivity contribution in [2.75, 3.05) is 6.61 Å². The lowest BCUT2D eigenvalue weighted by Gasteiger charge is -2.25. The Hall–Kier alpha value is -1.73. The van der Waals surface area contributed by atoms with Crippen LogP contribution in [0.15, 0.2) is 42.5 Å². The molecule has 26 heavy (non-hydrogen) atoms. The van der Waals surface area contributed by atoms with E-state index in [1.807, 2.05) is 44.2 Å². The minimum atomic E-state index is -0.699. The van der Waals surface area contributed by atoms with Crippen molar-refractivity contribution in [2.24, 2.45) is 0 Å². The largest absolute Gasteiger partial charge is 0.463 e. The summed E-state index contributed by atoms with van der Waals surface area (Å²) in [6.45, 7) is 6.31. The van der Waals surface area contributed by atoms with Gasteiger partial charge in [0.05, 0.1) is 19.3 Å². The van der Waals surface area contributed by atoms with E-state index in [0.29, 0.717) is 19.6 Å². The second-order valence-electron chi connectivity index (χ2n) is 6.79. The molecule has 0 unspecified atom stereocenters. The third kappa shape index (κ3) is 4.71. The third-order valence-electron chi connectivity index (χ3n) is 4.28. The summed E-state index contributed by atoms with van der Waals surface area (Å²) in [4.78, 5) is 11.5. The molecule has 0 aliphatic carbocycles. The SMILES string of the molecule is CCOC(=O)/C=C/C[C@H]1O[C@@H]2OC(C)(C)O[C@@H]2[C@H]1OCc1ccccc1. The number of carbonyl (C=O) groups is 1. The molecule has 0 amide bonds. The van der Waals surface area contributed by atoms with Crippen molar-refractivity contribution in [1.29, 1.82) is 0 Å². The molecule has 0 bridgehead atoms. The molecule has 2 aliphatic heterocycles. The van der Waals surface area contributed by atoms with Crippen LogP contribution >= 0.6 is 0 Å². The second-order valence-corrected chi connectivity index (χ2v) is 6.79. The molecule has 0 N–H and O–H groups in total. The van der Waals surface area contributed by atoms with Gasteiger partial charge < -0.3 is 23.7 Å². The molecule has 142 valence electrons. The maximum atomic E-state index is 11.5. The topological polar surface area (TPSA) is 63.2 Å². The highest BCUT2D eigenvalue weighted by molar-refractivity contribution is 5.81. The van der Waals surface area contributed by atoms with Gasteiger partial charge in [-0.15, -0.1) is 0 Å². The Kier molecular flexibility index (Phi) is 6.09. The lowest BCUT2D eigenvalue weighted by molar-refractivity contribution is -0.218. The van der Waals surface area contributed by atoms with Crippen molar-refractivity contribution in [3.8, 4) is 0 Å². The first-order valence-corrected chi connectivity index (χ1v) is 8.98. The highest BCUT2D eigenvalue weighted by Gasteiger charge is 2.54. The number of benzene rings is 1. The summed E-state index contributed by atoms with van der Waals surface area (Å²) in [6.07, 6.45) is 2.37. The van der Waals surface area contributed by atoms with E-state index in [4.69, 9.17) is 23.7 Å². The Morgan fingerprint density at radius 2 is 2.00 bits per heavy atom. The predicted molar refractivity (Wildman–Crippen MR) is 94.1 cm³/mol. The van der Waals surface area contributed by atoms with Gasteiger partial charge in [-0.05, 0) is 32.8 Å². The standard InChI is InChI=1S/C20H26O6/c1-4-22-16(21)12-8-11-15-17(23-13-14-9-6-5-7-10-14)18-19(24-15)26-20(2,3)25-18/h5-10,12,15,17-19H,4,11,13H2,1-3H3/b12-8+/t15-,17+,18-,19-/m1/s1. The Bertz CT molecular complexity index is 626. The molecule has 6 heteroatoms. The van der Waals surface area contributed by atoms with Crippen LogP contribution in [0.2, 0.25) is 0 Å². The van der Waals surface area contributed by atoms with E-state index in [9.17, 15) is 4.79 Å². The molecule has 2 fully saturated rings. The average Bonchev–Trinajstić information content (AvgIpc) is 3.05. The Morgan fingerprint density at radius 3 is 2.73 bits per heavy atom. The second kappa shape index (κ2) is 8.31. The molecule has 2 heterocycles. The summed E-state index contributed by atoms with van der Waals surface area (Å²) in [5.74, 6) is -1.06. The van der Waals surface area contributed by atoms with Gasteiger partial charge in [-0.2, -0.15) is 0 Å². The fourth-order valence-corrected chi connectivity index (χ4v) is 3.19. The van der Waals surface area contributed by atoms with Crippen LogP contribution in [0.4, 0.5) is 0 Å². The van der Waals surface area contributed by atoms with E-state index >= 15 is 0 Å². The van der Waals surface area contributed by atoms with Gasteiger partial charge in [0.2, 0.25) is 0 Å². The van der Waals surface area contributed by atoms with E-state index in [2.05, 4.69) is 0 Å². The molecule has 2 saturated heterocycles. The van der Waals surface area contributed by atoms with Gasteiger partial charge in [0, 0.05) is 6.08 Å². The summed E-state index contributed by atoms with van der Waals surface area (Å²) < 4.78 is 28.8.